The summed E-state index contributed by atoms with van der Waals surface area (Å²) in [5.74, 6) is 1.64. The van der Waals surface area contributed by atoms with E-state index in [9.17, 15) is 0 Å². The molecule has 0 saturated heterocycles. The smallest absolute Gasteiger partial charge is 0.203 e. The molecule has 1 N–H and O–H groups in total. The Morgan fingerprint density at radius 1 is 1.44 bits per heavy atom. The largest absolute Gasteiger partial charge is 0.351 e. The maximum Gasteiger partial charge on any atom is 0.203 e. The van der Waals surface area contributed by atoms with Gasteiger partial charge in [0.05, 0.1) is 5.69 Å². The molecule has 3 nitrogen and oxygen atoms in total. The molecule has 0 amide bonds. The lowest BCUT2D eigenvalue weighted by Gasteiger charge is -2.25. The Morgan fingerprint density at radius 3 is 2.56 bits per heavy atom. The summed E-state index contributed by atoms with van der Waals surface area (Å²) >= 11 is 0. The van der Waals surface area contributed by atoms with E-state index in [4.69, 9.17) is 0 Å². The summed E-state index contributed by atoms with van der Waals surface area (Å²) in [6.07, 6.45) is 3.20. The van der Waals surface area contributed by atoms with Crippen molar-refractivity contribution in [1.29, 1.82) is 0 Å². The van der Waals surface area contributed by atoms with Crippen LogP contribution in [0.5, 0.6) is 0 Å². The average Bonchev–Trinajstić information content (AvgIpc) is 2.44. The van der Waals surface area contributed by atoms with Crippen LogP contribution >= 0.6 is 0 Å². The normalized spacial score (nSPS) is 12.2. The minimum atomic E-state index is 0.104. The minimum Gasteiger partial charge on any atom is -0.351 e. The molecule has 1 heterocycles. The van der Waals surface area contributed by atoms with Crippen molar-refractivity contribution in [3.8, 4) is 0 Å². The summed E-state index contributed by atoms with van der Waals surface area (Å²) in [5, 5.41) is 3.51. The maximum absolute atomic E-state index is 4.55. The van der Waals surface area contributed by atoms with Gasteiger partial charge in [0.25, 0.3) is 0 Å². The molecule has 0 bridgehead atoms. The maximum atomic E-state index is 4.55. The predicted molar refractivity (Wildman–Crippen MR) is 69.8 cm³/mol. The summed E-state index contributed by atoms with van der Waals surface area (Å²) in [5.41, 5.74) is 1.18. The first-order valence-corrected chi connectivity index (χ1v) is 6.16. The zero-order valence-electron chi connectivity index (χ0n) is 11.5. The van der Waals surface area contributed by atoms with Crippen molar-refractivity contribution in [2.24, 2.45) is 5.92 Å². The second-order valence-corrected chi connectivity index (χ2v) is 5.61. The zero-order valence-corrected chi connectivity index (χ0v) is 11.5. The number of hydrogen-bond acceptors (Lipinski definition) is 2. The van der Waals surface area contributed by atoms with Gasteiger partial charge in [0.15, 0.2) is 0 Å². The van der Waals surface area contributed by atoms with Crippen LogP contribution < -0.4 is 5.32 Å². The van der Waals surface area contributed by atoms with Gasteiger partial charge in [-0.25, -0.2) is 4.98 Å². The summed E-state index contributed by atoms with van der Waals surface area (Å²) in [4.78, 5) is 4.55. The summed E-state index contributed by atoms with van der Waals surface area (Å²) in [6, 6.07) is 0. The first-order valence-electron chi connectivity index (χ1n) is 6.16. The molecule has 0 aromatic carbocycles. The molecule has 0 atom stereocenters. The number of rotatable bonds is 5. The molecule has 0 radical (unpaired) electrons. The molecule has 0 fully saturated rings. The van der Waals surface area contributed by atoms with Crippen molar-refractivity contribution >= 4 is 5.95 Å². The highest BCUT2D eigenvalue weighted by atomic mass is 15.2. The molecule has 16 heavy (non-hydrogen) atoms. The fourth-order valence-electron chi connectivity index (χ4n) is 1.57. The van der Waals surface area contributed by atoms with E-state index in [0.717, 1.165) is 24.6 Å². The molecule has 0 aliphatic heterocycles. The monoisotopic (exact) mass is 223 g/mol. The van der Waals surface area contributed by atoms with Gasteiger partial charge in [-0.3, -0.25) is 0 Å². The van der Waals surface area contributed by atoms with E-state index in [0.29, 0.717) is 5.92 Å². The first-order chi connectivity index (χ1) is 7.34. The number of aryl methyl sites for hydroxylation is 1. The molecule has 92 valence electrons. The Bertz CT molecular complexity index is 337. The standard InChI is InChI=1S/C13H25N3/c1-7-13(5,6)15-12-14-11(4)9-16(12)8-10(2)3/h9-10H,7-8H2,1-6H3,(H,14,15). The van der Waals surface area contributed by atoms with Gasteiger partial charge in [-0.05, 0) is 33.1 Å². The van der Waals surface area contributed by atoms with E-state index in [1.807, 2.05) is 6.92 Å². The van der Waals surface area contributed by atoms with Gasteiger partial charge in [0, 0.05) is 18.3 Å². The number of anilines is 1. The Hall–Kier alpha value is -0.990. The molecule has 0 saturated carbocycles. The third kappa shape index (κ3) is 3.54. The Morgan fingerprint density at radius 2 is 2.06 bits per heavy atom. The molecule has 0 unspecified atom stereocenters. The van der Waals surface area contributed by atoms with Gasteiger partial charge in [0.2, 0.25) is 5.95 Å². The molecule has 1 rings (SSSR count). The van der Waals surface area contributed by atoms with Crippen LogP contribution in [0.1, 0.15) is 46.7 Å². The molecule has 1 aromatic rings. The Balaban J connectivity index is 2.86. The SMILES string of the molecule is CCC(C)(C)Nc1nc(C)cn1CC(C)C. The number of aromatic nitrogens is 2. The van der Waals surface area contributed by atoms with E-state index < -0.39 is 0 Å². The van der Waals surface area contributed by atoms with Crippen LogP contribution in [0.3, 0.4) is 0 Å². The second-order valence-electron chi connectivity index (χ2n) is 5.61. The van der Waals surface area contributed by atoms with Crippen LogP contribution in [0.15, 0.2) is 6.20 Å². The van der Waals surface area contributed by atoms with Crippen LogP contribution in [0.25, 0.3) is 0 Å². The molecule has 1 aromatic heterocycles. The van der Waals surface area contributed by atoms with Crippen LogP contribution in [-0.4, -0.2) is 15.1 Å². The third-order valence-electron chi connectivity index (χ3n) is 2.79. The lowest BCUT2D eigenvalue weighted by atomic mass is 10.0. The highest BCUT2D eigenvalue weighted by molar-refractivity contribution is 5.32. The fraction of sp³-hybridized carbons (Fsp3) is 0.769. The van der Waals surface area contributed by atoms with Crippen LogP contribution in [0, 0.1) is 12.8 Å². The van der Waals surface area contributed by atoms with Gasteiger partial charge < -0.3 is 9.88 Å². The number of nitrogens with one attached hydrogen (secondary N) is 1. The quantitative estimate of drug-likeness (QED) is 0.828. The van der Waals surface area contributed by atoms with E-state index in [1.54, 1.807) is 0 Å². The number of nitrogens with zero attached hydrogens (tertiary/aromatic N) is 2. The topological polar surface area (TPSA) is 29.9 Å². The zero-order chi connectivity index (χ0) is 12.3. The van der Waals surface area contributed by atoms with E-state index >= 15 is 0 Å². The van der Waals surface area contributed by atoms with Crippen molar-refractivity contribution < 1.29 is 0 Å². The van der Waals surface area contributed by atoms with Gasteiger partial charge >= 0.3 is 0 Å². The molecule has 3 heteroatoms. The Kier molecular flexibility index (Phi) is 4.00. The van der Waals surface area contributed by atoms with Crippen LogP contribution in [0.2, 0.25) is 0 Å². The van der Waals surface area contributed by atoms with Gasteiger partial charge in [-0.1, -0.05) is 20.8 Å². The van der Waals surface area contributed by atoms with Crippen molar-refractivity contribution in [3.05, 3.63) is 11.9 Å². The minimum absolute atomic E-state index is 0.104. The average molecular weight is 223 g/mol. The van der Waals surface area contributed by atoms with Crippen LogP contribution in [-0.2, 0) is 6.54 Å². The second kappa shape index (κ2) is 4.89. The highest BCUT2D eigenvalue weighted by Crippen LogP contribution is 2.18. The molecule has 0 aliphatic carbocycles. The summed E-state index contributed by atoms with van der Waals surface area (Å²) < 4.78 is 2.22. The van der Waals surface area contributed by atoms with E-state index in [-0.39, 0.29) is 5.54 Å². The van der Waals surface area contributed by atoms with E-state index in [2.05, 4.69) is 55.7 Å². The predicted octanol–water partition coefficient (Wildman–Crippen LogP) is 3.45. The lowest BCUT2D eigenvalue weighted by molar-refractivity contribution is 0.503. The van der Waals surface area contributed by atoms with Gasteiger partial charge in [-0.2, -0.15) is 0 Å². The number of hydrogen-bond donors (Lipinski definition) is 1. The summed E-state index contributed by atoms with van der Waals surface area (Å²) in [6.45, 7) is 14.1. The fourth-order valence-corrected chi connectivity index (χ4v) is 1.57. The summed E-state index contributed by atoms with van der Waals surface area (Å²) in [7, 11) is 0. The molecule has 0 spiro atoms. The molecular weight excluding hydrogens is 198 g/mol. The van der Waals surface area contributed by atoms with Crippen LogP contribution in [0.4, 0.5) is 5.95 Å². The van der Waals surface area contributed by atoms with Crippen molar-refractivity contribution in [3.63, 3.8) is 0 Å². The molecular formula is C13H25N3. The third-order valence-corrected chi connectivity index (χ3v) is 2.79. The highest BCUT2D eigenvalue weighted by Gasteiger charge is 2.17. The number of imidazole rings is 1. The van der Waals surface area contributed by atoms with Crippen molar-refractivity contribution in [2.75, 3.05) is 5.32 Å². The van der Waals surface area contributed by atoms with Crippen molar-refractivity contribution in [2.45, 2.75) is 60.0 Å². The van der Waals surface area contributed by atoms with Gasteiger partial charge in [-0.15, -0.1) is 0 Å². The van der Waals surface area contributed by atoms with Gasteiger partial charge in [0.1, 0.15) is 0 Å². The molecule has 0 aliphatic rings. The van der Waals surface area contributed by atoms with Crippen molar-refractivity contribution in [1.82, 2.24) is 9.55 Å². The Labute approximate surface area is 99.3 Å². The van der Waals surface area contributed by atoms with E-state index in [1.165, 1.54) is 0 Å². The lowest BCUT2D eigenvalue weighted by Crippen LogP contribution is -2.31. The first kappa shape index (κ1) is 13.1.